The Morgan fingerprint density at radius 2 is 2.00 bits per heavy atom. The molecule has 3 rings (SSSR count). The van der Waals surface area contributed by atoms with Gasteiger partial charge in [-0.05, 0) is 11.6 Å². The van der Waals surface area contributed by atoms with Gasteiger partial charge in [-0.2, -0.15) is 0 Å². The molecule has 0 aliphatic carbocycles. The van der Waals surface area contributed by atoms with E-state index < -0.39 is 4.92 Å². The number of fused-ring (bicyclic) bond motifs is 1. The third kappa shape index (κ3) is 2.60. The van der Waals surface area contributed by atoms with Crippen LogP contribution in [0.3, 0.4) is 0 Å². The number of nitro groups is 1. The van der Waals surface area contributed by atoms with Gasteiger partial charge in [-0.3, -0.25) is 10.1 Å². The third-order valence-corrected chi connectivity index (χ3v) is 3.70. The first-order chi connectivity index (χ1) is 10.2. The van der Waals surface area contributed by atoms with Crippen molar-refractivity contribution in [2.75, 3.05) is 7.11 Å². The molecule has 5 heteroatoms. The van der Waals surface area contributed by atoms with Crippen molar-refractivity contribution in [3.05, 3.63) is 69.8 Å². The number of nitrogens with zero attached hydrogens (tertiary/aromatic N) is 1. The fraction of sp³-hybridized carbons (Fsp3) is 0.250. The molecule has 2 aromatic carbocycles. The molecular weight excluding hydrogens is 270 g/mol. The lowest BCUT2D eigenvalue weighted by Crippen LogP contribution is -2.20. The molecule has 1 heterocycles. The van der Waals surface area contributed by atoms with E-state index in [4.69, 9.17) is 9.47 Å². The predicted molar refractivity (Wildman–Crippen MR) is 77.3 cm³/mol. The molecule has 0 aromatic heterocycles. The minimum Gasteiger partial charge on any atom is -0.485 e. The summed E-state index contributed by atoms with van der Waals surface area (Å²) in [5, 5.41) is 10.9. The molecule has 0 N–H and O–H groups in total. The zero-order valence-corrected chi connectivity index (χ0v) is 11.6. The highest BCUT2D eigenvalue weighted by Gasteiger charge is 2.30. The van der Waals surface area contributed by atoms with Crippen LogP contribution in [0, 0.1) is 10.1 Å². The summed E-state index contributed by atoms with van der Waals surface area (Å²) in [6.45, 7) is 0. The van der Waals surface area contributed by atoms with Crippen LogP contribution in [0.25, 0.3) is 0 Å². The number of nitro benzene ring substituents is 1. The van der Waals surface area contributed by atoms with Crippen LogP contribution in [0.15, 0.2) is 48.5 Å². The maximum Gasteiger partial charge on any atom is 0.270 e. The van der Waals surface area contributed by atoms with E-state index >= 15 is 0 Å². The normalized spacial score (nSPS) is 20.4. The van der Waals surface area contributed by atoms with Crippen molar-refractivity contribution in [1.29, 1.82) is 0 Å². The fourth-order valence-electron chi connectivity index (χ4n) is 2.63. The highest BCUT2D eigenvalue weighted by Crippen LogP contribution is 2.43. The Morgan fingerprint density at radius 1 is 1.24 bits per heavy atom. The standard InChI is InChI=1S/C16H15NO4/c1-20-16-10-15(11-5-3-2-4-6-11)21-14-8-7-12(17(18)19)9-13(14)16/h2-9,15-16H,10H2,1H3/t15-,16-/m0/s1. The van der Waals surface area contributed by atoms with Crippen molar-refractivity contribution < 1.29 is 14.4 Å². The molecule has 0 amide bonds. The molecule has 0 unspecified atom stereocenters. The minimum atomic E-state index is -0.406. The Bertz CT molecular complexity index is 657. The second-order valence-corrected chi connectivity index (χ2v) is 4.96. The number of rotatable bonds is 3. The summed E-state index contributed by atoms with van der Waals surface area (Å²) in [6, 6.07) is 14.5. The number of non-ortho nitro benzene ring substituents is 1. The van der Waals surface area contributed by atoms with E-state index in [9.17, 15) is 10.1 Å². The zero-order valence-electron chi connectivity index (χ0n) is 11.6. The number of benzene rings is 2. The molecule has 0 bridgehead atoms. The lowest BCUT2D eigenvalue weighted by molar-refractivity contribution is -0.385. The lowest BCUT2D eigenvalue weighted by Gasteiger charge is -2.31. The second kappa shape index (κ2) is 5.54. The maximum absolute atomic E-state index is 10.9. The Balaban J connectivity index is 1.97. The van der Waals surface area contributed by atoms with Gasteiger partial charge in [0.25, 0.3) is 5.69 Å². The smallest absolute Gasteiger partial charge is 0.270 e. The lowest BCUT2D eigenvalue weighted by atomic mass is 9.94. The predicted octanol–water partition coefficient (Wildman–Crippen LogP) is 3.81. The molecule has 2 aromatic rings. The van der Waals surface area contributed by atoms with Crippen molar-refractivity contribution in [2.24, 2.45) is 0 Å². The van der Waals surface area contributed by atoms with E-state index in [1.54, 1.807) is 13.2 Å². The van der Waals surface area contributed by atoms with Crippen molar-refractivity contribution in [3.63, 3.8) is 0 Å². The number of hydrogen-bond donors (Lipinski definition) is 0. The van der Waals surface area contributed by atoms with Crippen LogP contribution in [0.5, 0.6) is 5.75 Å². The maximum atomic E-state index is 10.9. The van der Waals surface area contributed by atoms with E-state index in [0.717, 1.165) is 11.1 Å². The molecule has 0 spiro atoms. The molecule has 0 saturated heterocycles. The van der Waals surface area contributed by atoms with Gasteiger partial charge in [0.1, 0.15) is 11.9 Å². The highest BCUT2D eigenvalue weighted by atomic mass is 16.6. The van der Waals surface area contributed by atoms with Crippen molar-refractivity contribution >= 4 is 5.69 Å². The molecule has 1 aliphatic heterocycles. The summed E-state index contributed by atoms with van der Waals surface area (Å²) in [4.78, 5) is 10.5. The van der Waals surface area contributed by atoms with Gasteiger partial charge in [-0.1, -0.05) is 30.3 Å². The summed E-state index contributed by atoms with van der Waals surface area (Å²) < 4.78 is 11.5. The summed E-state index contributed by atoms with van der Waals surface area (Å²) >= 11 is 0. The minimum absolute atomic E-state index is 0.0533. The monoisotopic (exact) mass is 285 g/mol. The van der Waals surface area contributed by atoms with Crippen molar-refractivity contribution in [3.8, 4) is 5.75 Å². The first kappa shape index (κ1) is 13.6. The zero-order chi connectivity index (χ0) is 14.8. The molecule has 0 fully saturated rings. The molecule has 0 saturated carbocycles. The summed E-state index contributed by atoms with van der Waals surface area (Å²) in [7, 11) is 1.61. The molecule has 2 atom stereocenters. The van der Waals surface area contributed by atoms with Gasteiger partial charge in [0.05, 0.1) is 11.0 Å². The second-order valence-electron chi connectivity index (χ2n) is 4.96. The van der Waals surface area contributed by atoms with E-state index in [1.807, 2.05) is 30.3 Å². The van der Waals surface area contributed by atoms with E-state index in [-0.39, 0.29) is 17.9 Å². The SMILES string of the molecule is CO[C@H]1C[C@@H](c2ccccc2)Oc2ccc([N+](=O)[O-])cc21. The Labute approximate surface area is 122 Å². The molecule has 1 aliphatic rings. The van der Waals surface area contributed by atoms with Gasteiger partial charge in [-0.25, -0.2) is 0 Å². The summed E-state index contributed by atoms with van der Waals surface area (Å²) in [5.74, 6) is 0.646. The fourth-order valence-corrected chi connectivity index (χ4v) is 2.63. The van der Waals surface area contributed by atoms with Crippen LogP contribution in [-0.2, 0) is 4.74 Å². The van der Waals surface area contributed by atoms with Crippen molar-refractivity contribution in [2.45, 2.75) is 18.6 Å². The highest BCUT2D eigenvalue weighted by molar-refractivity contribution is 5.46. The van der Waals surface area contributed by atoms with Crippen LogP contribution in [0.4, 0.5) is 5.69 Å². The van der Waals surface area contributed by atoms with E-state index in [2.05, 4.69) is 0 Å². The van der Waals surface area contributed by atoms with Crippen LogP contribution in [-0.4, -0.2) is 12.0 Å². The van der Waals surface area contributed by atoms with Crippen LogP contribution in [0.1, 0.15) is 29.8 Å². The quantitative estimate of drug-likeness (QED) is 0.635. The van der Waals surface area contributed by atoms with Gasteiger partial charge in [0, 0.05) is 31.2 Å². The Morgan fingerprint density at radius 3 is 2.67 bits per heavy atom. The first-order valence-electron chi connectivity index (χ1n) is 6.72. The van der Waals surface area contributed by atoms with Crippen LogP contribution < -0.4 is 4.74 Å². The van der Waals surface area contributed by atoms with Gasteiger partial charge < -0.3 is 9.47 Å². The first-order valence-corrected chi connectivity index (χ1v) is 6.72. The summed E-state index contributed by atoms with van der Waals surface area (Å²) in [6.07, 6.45) is 0.318. The molecule has 21 heavy (non-hydrogen) atoms. The van der Waals surface area contributed by atoms with Gasteiger partial charge in [-0.15, -0.1) is 0 Å². The third-order valence-electron chi connectivity index (χ3n) is 3.70. The van der Waals surface area contributed by atoms with Crippen molar-refractivity contribution in [1.82, 2.24) is 0 Å². The summed E-state index contributed by atoms with van der Waals surface area (Å²) in [5.41, 5.74) is 1.86. The van der Waals surface area contributed by atoms with Crippen LogP contribution in [0.2, 0.25) is 0 Å². The molecule has 0 radical (unpaired) electrons. The Kier molecular flexibility index (Phi) is 3.58. The van der Waals surface area contributed by atoms with Crippen LogP contribution >= 0.6 is 0 Å². The number of hydrogen-bond acceptors (Lipinski definition) is 4. The molecule has 108 valence electrons. The number of ether oxygens (including phenoxy) is 2. The average molecular weight is 285 g/mol. The topological polar surface area (TPSA) is 61.6 Å². The van der Waals surface area contributed by atoms with E-state index in [1.165, 1.54) is 12.1 Å². The van der Waals surface area contributed by atoms with E-state index in [0.29, 0.717) is 12.2 Å². The van der Waals surface area contributed by atoms with Gasteiger partial charge >= 0.3 is 0 Å². The molecular formula is C16H15NO4. The Hall–Kier alpha value is -2.40. The molecule has 5 nitrogen and oxygen atoms in total. The van der Waals surface area contributed by atoms with Gasteiger partial charge in [0.2, 0.25) is 0 Å². The van der Waals surface area contributed by atoms with Gasteiger partial charge in [0.15, 0.2) is 0 Å². The largest absolute Gasteiger partial charge is 0.485 e. The number of methoxy groups -OCH3 is 1. The average Bonchev–Trinajstić information content (AvgIpc) is 2.54.